The molecule has 2 N–H and O–H groups in total. The third-order valence-corrected chi connectivity index (χ3v) is 2.67. The van der Waals surface area contributed by atoms with Crippen LogP contribution in [0.5, 0.6) is 0 Å². The molecule has 1 amide bonds. The maximum atomic E-state index is 12.2. The van der Waals surface area contributed by atoms with Crippen LogP contribution < -0.4 is 10.9 Å². The van der Waals surface area contributed by atoms with E-state index in [1.54, 1.807) is 14.1 Å². The molecule has 0 aliphatic heterocycles. The zero-order valence-corrected chi connectivity index (χ0v) is 9.90. The molecule has 0 fully saturated rings. The van der Waals surface area contributed by atoms with Gasteiger partial charge < -0.3 is 0 Å². The third-order valence-electron chi connectivity index (χ3n) is 2.67. The van der Waals surface area contributed by atoms with Gasteiger partial charge in [-0.1, -0.05) is 36.4 Å². The smallest absolute Gasteiger partial charge is 0.266 e. The molecular formula is C13H15N3O. The maximum Gasteiger partial charge on any atom is 0.283 e. The summed E-state index contributed by atoms with van der Waals surface area (Å²) in [5.41, 5.74) is 6.25. The molecule has 4 heteroatoms. The minimum absolute atomic E-state index is 0.105. The van der Waals surface area contributed by atoms with Crippen LogP contribution in [0.15, 0.2) is 42.5 Å². The molecule has 0 aromatic heterocycles. The Morgan fingerprint density at radius 1 is 1.00 bits per heavy atom. The largest absolute Gasteiger partial charge is 0.283 e. The van der Waals surface area contributed by atoms with Crippen molar-refractivity contribution in [3.63, 3.8) is 0 Å². The number of fused-ring (bicyclic) bond motifs is 1. The van der Waals surface area contributed by atoms with Gasteiger partial charge in [0.1, 0.15) is 0 Å². The zero-order chi connectivity index (χ0) is 12.3. The van der Waals surface area contributed by atoms with Gasteiger partial charge in [0.2, 0.25) is 0 Å². The van der Waals surface area contributed by atoms with Crippen molar-refractivity contribution in [3.05, 3.63) is 48.0 Å². The van der Waals surface area contributed by atoms with Gasteiger partial charge in [0.25, 0.3) is 5.91 Å². The second-order valence-corrected chi connectivity index (χ2v) is 3.61. The Morgan fingerprint density at radius 2 is 1.65 bits per heavy atom. The van der Waals surface area contributed by atoms with Gasteiger partial charge in [-0.25, -0.2) is 16.0 Å². The lowest BCUT2D eigenvalue weighted by Crippen LogP contribution is -2.48. The van der Waals surface area contributed by atoms with Gasteiger partial charge in [0.15, 0.2) is 0 Å². The molecule has 0 aliphatic rings. The summed E-state index contributed by atoms with van der Waals surface area (Å²) in [7, 11) is 3.39. The second-order valence-electron chi connectivity index (χ2n) is 3.61. The number of hydrogen-bond donors (Lipinski definition) is 2. The normalized spacial score (nSPS) is 10.5. The molecule has 4 nitrogen and oxygen atoms in total. The molecule has 0 atom stereocenters. The lowest BCUT2D eigenvalue weighted by Gasteiger charge is -2.20. The Balaban J connectivity index is 2.52. The van der Waals surface area contributed by atoms with E-state index in [2.05, 4.69) is 10.9 Å². The summed E-state index contributed by atoms with van der Waals surface area (Å²) in [5, 5.41) is 3.36. The van der Waals surface area contributed by atoms with Gasteiger partial charge in [-0.2, -0.15) is 0 Å². The van der Waals surface area contributed by atoms with Gasteiger partial charge >= 0.3 is 0 Å². The van der Waals surface area contributed by atoms with Gasteiger partial charge in [0, 0.05) is 14.1 Å². The van der Waals surface area contributed by atoms with Crippen molar-refractivity contribution in [2.24, 2.45) is 0 Å². The minimum atomic E-state index is -0.105. The quantitative estimate of drug-likeness (QED) is 0.785. The summed E-state index contributed by atoms with van der Waals surface area (Å²) in [4.78, 5) is 12.2. The van der Waals surface area contributed by atoms with Crippen molar-refractivity contribution in [1.29, 1.82) is 0 Å². The molecule has 2 rings (SSSR count). The van der Waals surface area contributed by atoms with Crippen LogP contribution in [0.25, 0.3) is 10.8 Å². The lowest BCUT2D eigenvalue weighted by atomic mass is 10.0. The molecule has 0 unspecified atom stereocenters. The Labute approximate surface area is 100 Å². The SMILES string of the molecule is CNN(NC)C(=O)c1cccc2ccccc12. The van der Waals surface area contributed by atoms with Crippen LogP contribution in [-0.2, 0) is 0 Å². The number of hydrogen-bond acceptors (Lipinski definition) is 3. The molecule has 0 spiro atoms. The van der Waals surface area contributed by atoms with Crippen molar-refractivity contribution in [2.45, 2.75) is 0 Å². The fourth-order valence-electron chi connectivity index (χ4n) is 1.85. The predicted molar refractivity (Wildman–Crippen MR) is 68.2 cm³/mol. The van der Waals surface area contributed by atoms with Crippen LogP contribution in [0.3, 0.4) is 0 Å². The molecule has 0 saturated carbocycles. The van der Waals surface area contributed by atoms with Crippen LogP contribution in [0.2, 0.25) is 0 Å². The summed E-state index contributed by atoms with van der Waals surface area (Å²) in [5.74, 6) is -0.105. The number of nitrogens with zero attached hydrogens (tertiary/aromatic N) is 1. The Bertz CT molecular complexity index is 530. The van der Waals surface area contributed by atoms with Crippen LogP contribution in [0.4, 0.5) is 0 Å². The Morgan fingerprint density at radius 3 is 2.35 bits per heavy atom. The first kappa shape index (κ1) is 11.6. The van der Waals surface area contributed by atoms with E-state index in [-0.39, 0.29) is 5.91 Å². The number of carbonyl (C=O) groups is 1. The first-order chi connectivity index (χ1) is 8.27. The number of carbonyl (C=O) groups excluding carboxylic acids is 1. The zero-order valence-electron chi connectivity index (χ0n) is 9.90. The number of rotatable bonds is 3. The van der Waals surface area contributed by atoms with E-state index in [9.17, 15) is 4.79 Å². The highest BCUT2D eigenvalue weighted by Gasteiger charge is 2.15. The van der Waals surface area contributed by atoms with E-state index in [1.165, 1.54) is 5.12 Å². The number of benzene rings is 2. The molecule has 0 bridgehead atoms. The summed E-state index contributed by atoms with van der Waals surface area (Å²) >= 11 is 0. The highest BCUT2D eigenvalue weighted by molar-refractivity contribution is 6.06. The molecule has 0 radical (unpaired) electrons. The maximum absolute atomic E-state index is 12.2. The van der Waals surface area contributed by atoms with Gasteiger partial charge in [0.05, 0.1) is 5.56 Å². The summed E-state index contributed by atoms with van der Waals surface area (Å²) in [6.45, 7) is 0. The van der Waals surface area contributed by atoms with E-state index >= 15 is 0 Å². The molecule has 88 valence electrons. The van der Waals surface area contributed by atoms with Crippen LogP contribution in [-0.4, -0.2) is 25.1 Å². The second kappa shape index (κ2) is 4.95. The van der Waals surface area contributed by atoms with Crippen LogP contribution in [0, 0.1) is 0 Å². The van der Waals surface area contributed by atoms with Crippen molar-refractivity contribution in [3.8, 4) is 0 Å². The minimum Gasteiger partial charge on any atom is -0.266 e. The average molecular weight is 229 g/mol. The number of nitrogens with one attached hydrogen (secondary N) is 2. The number of hydrazine groups is 2. The molecule has 2 aromatic rings. The molecule has 17 heavy (non-hydrogen) atoms. The van der Waals surface area contributed by atoms with Crippen molar-refractivity contribution in [1.82, 2.24) is 16.0 Å². The predicted octanol–water partition coefficient (Wildman–Crippen LogP) is 1.55. The number of amides is 1. The molecule has 2 aromatic carbocycles. The highest BCUT2D eigenvalue weighted by atomic mass is 16.2. The van der Waals surface area contributed by atoms with Crippen molar-refractivity contribution < 1.29 is 4.79 Å². The molecule has 0 saturated heterocycles. The van der Waals surface area contributed by atoms with Crippen LogP contribution >= 0.6 is 0 Å². The molecule has 0 heterocycles. The molecule has 0 aliphatic carbocycles. The van der Waals surface area contributed by atoms with Crippen molar-refractivity contribution in [2.75, 3.05) is 14.1 Å². The van der Waals surface area contributed by atoms with Gasteiger partial charge in [-0.3, -0.25) is 4.79 Å². The van der Waals surface area contributed by atoms with E-state index in [4.69, 9.17) is 0 Å². The van der Waals surface area contributed by atoms with Gasteiger partial charge in [-0.15, -0.1) is 0 Å². The van der Waals surface area contributed by atoms with E-state index in [0.29, 0.717) is 5.56 Å². The van der Waals surface area contributed by atoms with E-state index < -0.39 is 0 Å². The highest BCUT2D eigenvalue weighted by Crippen LogP contribution is 2.19. The van der Waals surface area contributed by atoms with E-state index in [1.807, 2.05) is 42.5 Å². The first-order valence-electron chi connectivity index (χ1n) is 5.45. The summed E-state index contributed by atoms with van der Waals surface area (Å²) in [6.07, 6.45) is 0. The average Bonchev–Trinajstić information content (AvgIpc) is 2.39. The lowest BCUT2D eigenvalue weighted by molar-refractivity contribution is 0.0579. The fraction of sp³-hybridized carbons (Fsp3) is 0.154. The summed E-state index contributed by atoms with van der Waals surface area (Å²) in [6, 6.07) is 13.6. The first-order valence-corrected chi connectivity index (χ1v) is 5.45. The molecular weight excluding hydrogens is 214 g/mol. The monoisotopic (exact) mass is 229 g/mol. The summed E-state index contributed by atoms with van der Waals surface area (Å²) < 4.78 is 0. The Kier molecular flexibility index (Phi) is 3.37. The fourth-order valence-corrected chi connectivity index (χ4v) is 1.85. The Hall–Kier alpha value is -1.91. The van der Waals surface area contributed by atoms with E-state index in [0.717, 1.165) is 10.8 Å². The topological polar surface area (TPSA) is 44.4 Å². The van der Waals surface area contributed by atoms with Gasteiger partial charge in [-0.05, 0) is 16.8 Å². The van der Waals surface area contributed by atoms with Crippen molar-refractivity contribution >= 4 is 16.7 Å². The standard InChI is InChI=1S/C13H15N3O/c1-14-16(15-2)13(17)12-9-5-7-10-6-3-4-8-11(10)12/h3-9,14-15H,1-2H3. The third kappa shape index (κ3) is 2.13. The van der Waals surface area contributed by atoms with Crippen LogP contribution in [0.1, 0.15) is 10.4 Å².